The van der Waals surface area contributed by atoms with Gasteiger partial charge in [0.25, 0.3) is 0 Å². The third-order valence-corrected chi connectivity index (χ3v) is 3.73. The first-order chi connectivity index (χ1) is 12.0. The quantitative estimate of drug-likeness (QED) is 0.623. The summed E-state index contributed by atoms with van der Waals surface area (Å²) in [6, 6.07) is 16.5. The number of ketones is 1. The van der Waals surface area contributed by atoms with Crippen molar-refractivity contribution >= 4 is 40.4 Å². The van der Waals surface area contributed by atoms with Crippen molar-refractivity contribution in [1.29, 1.82) is 0 Å². The molecule has 0 aliphatic rings. The van der Waals surface area contributed by atoms with Crippen molar-refractivity contribution in [3.8, 4) is 0 Å². The third-order valence-electron chi connectivity index (χ3n) is 3.50. The van der Waals surface area contributed by atoms with Crippen molar-refractivity contribution in [2.45, 2.75) is 13.8 Å². The molecule has 0 fully saturated rings. The summed E-state index contributed by atoms with van der Waals surface area (Å²) in [4.78, 5) is 20.1. The van der Waals surface area contributed by atoms with Gasteiger partial charge in [-0.2, -0.15) is 0 Å². The highest BCUT2D eigenvalue weighted by atomic mass is 35.5. The summed E-state index contributed by atoms with van der Waals surface area (Å²) in [6.45, 7) is 3.37. The van der Waals surface area contributed by atoms with Gasteiger partial charge in [-0.15, -0.1) is 0 Å². The van der Waals surface area contributed by atoms with Crippen molar-refractivity contribution < 1.29 is 4.79 Å². The molecule has 0 unspecified atom stereocenters. The topological polar surface area (TPSA) is 66.9 Å². The third kappa shape index (κ3) is 4.55. The van der Waals surface area contributed by atoms with Crippen molar-refractivity contribution in [3.63, 3.8) is 0 Å². The van der Waals surface area contributed by atoms with Crippen molar-refractivity contribution in [2.75, 3.05) is 10.6 Å². The second-order valence-electron chi connectivity index (χ2n) is 5.58. The first-order valence-corrected chi connectivity index (χ1v) is 8.14. The lowest BCUT2D eigenvalue weighted by Crippen LogP contribution is -2.01. The van der Waals surface area contributed by atoms with Gasteiger partial charge in [-0.25, -0.2) is 9.97 Å². The Bertz CT molecular complexity index is 910. The van der Waals surface area contributed by atoms with Crippen LogP contribution >= 0.6 is 11.6 Å². The number of rotatable bonds is 5. The van der Waals surface area contributed by atoms with Gasteiger partial charge >= 0.3 is 0 Å². The molecule has 0 radical (unpaired) electrons. The SMILES string of the molecule is CC(=O)c1ccc(Nc2cc(Nc3cccc(Cl)c3)nc(C)n2)cc1. The molecule has 3 rings (SSSR count). The first kappa shape index (κ1) is 16.9. The van der Waals surface area contributed by atoms with Crippen LogP contribution in [0.5, 0.6) is 0 Å². The fourth-order valence-electron chi connectivity index (χ4n) is 2.35. The molecule has 0 saturated heterocycles. The highest BCUT2D eigenvalue weighted by Crippen LogP contribution is 2.22. The van der Waals surface area contributed by atoms with Crippen molar-refractivity contribution in [1.82, 2.24) is 9.97 Å². The van der Waals surface area contributed by atoms with E-state index in [0.29, 0.717) is 28.0 Å². The van der Waals surface area contributed by atoms with E-state index in [-0.39, 0.29) is 5.78 Å². The fourth-order valence-corrected chi connectivity index (χ4v) is 2.54. The molecule has 0 bridgehead atoms. The van der Waals surface area contributed by atoms with Crippen LogP contribution < -0.4 is 10.6 Å². The van der Waals surface area contributed by atoms with E-state index in [4.69, 9.17) is 11.6 Å². The normalized spacial score (nSPS) is 10.4. The maximum Gasteiger partial charge on any atom is 0.159 e. The van der Waals surface area contributed by atoms with E-state index in [9.17, 15) is 4.79 Å². The molecule has 25 heavy (non-hydrogen) atoms. The van der Waals surface area contributed by atoms with Crippen LogP contribution in [-0.2, 0) is 0 Å². The Hall–Kier alpha value is -2.92. The Kier molecular flexibility index (Phi) is 4.95. The van der Waals surface area contributed by atoms with E-state index < -0.39 is 0 Å². The minimum Gasteiger partial charge on any atom is -0.340 e. The van der Waals surface area contributed by atoms with Crippen LogP contribution in [0.15, 0.2) is 54.6 Å². The number of carbonyl (C=O) groups excluding carboxylic acids is 1. The maximum absolute atomic E-state index is 11.3. The highest BCUT2D eigenvalue weighted by molar-refractivity contribution is 6.30. The van der Waals surface area contributed by atoms with E-state index in [2.05, 4.69) is 20.6 Å². The molecule has 6 heteroatoms. The van der Waals surface area contributed by atoms with Crippen LogP contribution in [0.3, 0.4) is 0 Å². The molecular weight excluding hydrogens is 336 g/mol. The molecule has 0 aliphatic carbocycles. The van der Waals surface area contributed by atoms with Gasteiger partial charge in [-0.1, -0.05) is 17.7 Å². The molecule has 1 heterocycles. The standard InChI is InChI=1S/C19H17ClN4O/c1-12(25)14-6-8-16(9-7-14)23-18-11-19(22-13(2)21-18)24-17-5-3-4-15(20)10-17/h3-11H,1-2H3,(H2,21,22,23,24). The largest absolute Gasteiger partial charge is 0.340 e. The maximum atomic E-state index is 11.3. The van der Waals surface area contributed by atoms with Crippen LogP contribution in [0.1, 0.15) is 23.1 Å². The smallest absolute Gasteiger partial charge is 0.159 e. The molecule has 0 amide bonds. The molecule has 1 aromatic heterocycles. The Balaban J connectivity index is 1.80. The molecule has 126 valence electrons. The van der Waals surface area contributed by atoms with Crippen LogP contribution in [-0.4, -0.2) is 15.8 Å². The number of halogens is 1. The lowest BCUT2D eigenvalue weighted by atomic mass is 10.1. The number of anilines is 4. The summed E-state index contributed by atoms with van der Waals surface area (Å²) in [5.41, 5.74) is 2.37. The summed E-state index contributed by atoms with van der Waals surface area (Å²) in [6.07, 6.45) is 0. The number of benzene rings is 2. The summed E-state index contributed by atoms with van der Waals surface area (Å²) < 4.78 is 0. The van der Waals surface area contributed by atoms with Crippen molar-refractivity contribution in [2.24, 2.45) is 0 Å². The van der Waals surface area contributed by atoms with Gasteiger partial charge < -0.3 is 10.6 Å². The summed E-state index contributed by atoms with van der Waals surface area (Å²) in [7, 11) is 0. The van der Waals surface area contributed by atoms with Crippen LogP contribution in [0, 0.1) is 6.92 Å². The second-order valence-corrected chi connectivity index (χ2v) is 6.02. The lowest BCUT2D eigenvalue weighted by Gasteiger charge is -2.11. The van der Waals surface area contributed by atoms with Gasteiger partial charge in [0.1, 0.15) is 17.5 Å². The van der Waals surface area contributed by atoms with Gasteiger partial charge in [0.15, 0.2) is 5.78 Å². The van der Waals surface area contributed by atoms with Gasteiger partial charge in [0, 0.05) is 28.0 Å². The predicted molar refractivity (Wildman–Crippen MR) is 101 cm³/mol. The van der Waals surface area contributed by atoms with E-state index in [1.807, 2.05) is 49.4 Å². The van der Waals surface area contributed by atoms with E-state index >= 15 is 0 Å². The van der Waals surface area contributed by atoms with Gasteiger partial charge in [0.2, 0.25) is 0 Å². The molecule has 2 aromatic carbocycles. The molecule has 0 saturated carbocycles. The molecular formula is C19H17ClN4O. The van der Waals surface area contributed by atoms with E-state index in [1.165, 1.54) is 0 Å². The van der Waals surface area contributed by atoms with Gasteiger partial charge in [-0.05, 0) is 56.3 Å². The fraction of sp³-hybridized carbons (Fsp3) is 0.105. The molecule has 3 aromatic rings. The Morgan fingerprint density at radius 2 is 1.56 bits per heavy atom. The number of Topliss-reactive ketones (excluding diaryl/α,β-unsaturated/α-hetero) is 1. The second kappa shape index (κ2) is 7.32. The lowest BCUT2D eigenvalue weighted by molar-refractivity contribution is 0.101. The Labute approximate surface area is 151 Å². The number of aromatic nitrogens is 2. The van der Waals surface area contributed by atoms with Crippen LogP contribution in [0.4, 0.5) is 23.0 Å². The minimum atomic E-state index is 0.0393. The zero-order valence-electron chi connectivity index (χ0n) is 13.9. The van der Waals surface area contributed by atoms with Crippen molar-refractivity contribution in [3.05, 3.63) is 71.0 Å². The molecule has 0 aliphatic heterocycles. The average molecular weight is 353 g/mol. The minimum absolute atomic E-state index is 0.0393. The molecule has 5 nitrogen and oxygen atoms in total. The summed E-state index contributed by atoms with van der Waals surface area (Å²) >= 11 is 6.01. The number of nitrogens with zero attached hydrogens (tertiary/aromatic N) is 2. The predicted octanol–water partition coefficient (Wildman–Crippen LogP) is 5.13. The zero-order chi connectivity index (χ0) is 17.8. The van der Waals surface area contributed by atoms with Gasteiger partial charge in [0.05, 0.1) is 0 Å². The number of carbonyl (C=O) groups is 1. The Morgan fingerprint density at radius 3 is 2.16 bits per heavy atom. The van der Waals surface area contributed by atoms with E-state index in [1.54, 1.807) is 19.1 Å². The number of hydrogen-bond donors (Lipinski definition) is 2. The summed E-state index contributed by atoms with van der Waals surface area (Å²) in [5, 5.41) is 7.09. The van der Waals surface area contributed by atoms with E-state index in [0.717, 1.165) is 11.4 Å². The zero-order valence-corrected chi connectivity index (χ0v) is 14.6. The number of hydrogen-bond acceptors (Lipinski definition) is 5. The average Bonchev–Trinajstić information content (AvgIpc) is 2.54. The van der Waals surface area contributed by atoms with Gasteiger partial charge in [-0.3, -0.25) is 4.79 Å². The first-order valence-electron chi connectivity index (χ1n) is 7.76. The number of aryl methyl sites for hydroxylation is 1. The monoisotopic (exact) mass is 352 g/mol. The Morgan fingerprint density at radius 1 is 0.920 bits per heavy atom. The van der Waals surface area contributed by atoms with Crippen LogP contribution in [0.25, 0.3) is 0 Å². The summed E-state index contributed by atoms with van der Waals surface area (Å²) in [5.74, 6) is 2.00. The van der Waals surface area contributed by atoms with Crippen LogP contribution in [0.2, 0.25) is 5.02 Å². The molecule has 0 spiro atoms. The molecule has 2 N–H and O–H groups in total. The highest BCUT2D eigenvalue weighted by Gasteiger charge is 2.05. The molecule has 0 atom stereocenters. The number of nitrogens with one attached hydrogen (secondary N) is 2.